The average molecular weight is 398 g/mol. The number of hydrogen-bond donors (Lipinski definition) is 2. The molecule has 0 bridgehead atoms. The van der Waals surface area contributed by atoms with Gasteiger partial charge in [-0.3, -0.25) is 4.79 Å². The molecule has 0 aliphatic carbocycles. The molecule has 7 nitrogen and oxygen atoms in total. The zero-order chi connectivity index (χ0) is 20.9. The van der Waals surface area contributed by atoms with E-state index in [-0.39, 0.29) is 5.91 Å². The van der Waals surface area contributed by atoms with Crippen LogP contribution in [0.5, 0.6) is 11.5 Å². The minimum atomic E-state index is -0.805. The van der Waals surface area contributed by atoms with Crippen molar-refractivity contribution in [3.05, 3.63) is 54.1 Å². The van der Waals surface area contributed by atoms with Crippen LogP contribution >= 0.6 is 0 Å². The van der Waals surface area contributed by atoms with Crippen LogP contribution in [0.3, 0.4) is 0 Å². The van der Waals surface area contributed by atoms with Gasteiger partial charge in [0.05, 0.1) is 0 Å². The van der Waals surface area contributed by atoms with Crippen LogP contribution in [-0.4, -0.2) is 36.9 Å². The Morgan fingerprint density at radius 1 is 1.03 bits per heavy atom. The highest BCUT2D eigenvalue weighted by molar-refractivity contribution is 5.97. The molecule has 3 rings (SSSR count). The largest absolute Gasteiger partial charge is 0.486 e. The van der Waals surface area contributed by atoms with Crippen molar-refractivity contribution in [3.63, 3.8) is 0 Å². The van der Waals surface area contributed by atoms with Crippen molar-refractivity contribution in [3.8, 4) is 11.5 Å². The lowest BCUT2D eigenvalue weighted by Crippen LogP contribution is -2.47. The van der Waals surface area contributed by atoms with Gasteiger partial charge in [0, 0.05) is 18.2 Å². The first-order valence-electron chi connectivity index (χ1n) is 9.54. The SMILES string of the molecule is CC(C)(C)OC(=O)N[C@@H](Cc1ccccc1)C(=O)Nc1ccc2c(c1)OCCO2. The number of rotatable bonds is 5. The molecule has 154 valence electrons. The Balaban J connectivity index is 1.73. The molecule has 0 unspecified atom stereocenters. The zero-order valence-electron chi connectivity index (χ0n) is 16.9. The maximum atomic E-state index is 12.9. The summed E-state index contributed by atoms with van der Waals surface area (Å²) in [6.45, 7) is 6.27. The summed E-state index contributed by atoms with van der Waals surface area (Å²) in [4.78, 5) is 25.2. The highest BCUT2D eigenvalue weighted by Crippen LogP contribution is 2.32. The van der Waals surface area contributed by atoms with E-state index in [0.29, 0.717) is 36.8 Å². The molecule has 7 heteroatoms. The van der Waals surface area contributed by atoms with Crippen LogP contribution in [0.4, 0.5) is 10.5 Å². The maximum absolute atomic E-state index is 12.9. The smallest absolute Gasteiger partial charge is 0.408 e. The number of ether oxygens (including phenoxy) is 3. The van der Waals surface area contributed by atoms with Crippen LogP contribution in [0.1, 0.15) is 26.3 Å². The standard InChI is InChI=1S/C22H26N2O5/c1-22(2,3)29-21(26)24-17(13-15-7-5-4-6-8-15)20(25)23-16-9-10-18-19(14-16)28-12-11-27-18/h4-10,14,17H,11-13H2,1-3H3,(H,23,25)(H,24,26)/t17-/m0/s1. The molecule has 2 amide bonds. The van der Waals surface area contributed by atoms with Crippen molar-refractivity contribution in [2.24, 2.45) is 0 Å². The van der Waals surface area contributed by atoms with Crippen molar-refractivity contribution >= 4 is 17.7 Å². The third-order valence-electron chi connectivity index (χ3n) is 4.10. The molecular weight excluding hydrogens is 372 g/mol. The van der Waals surface area contributed by atoms with Crippen LogP contribution in [-0.2, 0) is 16.0 Å². The monoisotopic (exact) mass is 398 g/mol. The molecule has 0 saturated carbocycles. The Labute approximate surface area is 170 Å². The fourth-order valence-electron chi connectivity index (χ4n) is 2.86. The van der Waals surface area contributed by atoms with Gasteiger partial charge in [0.1, 0.15) is 24.9 Å². The maximum Gasteiger partial charge on any atom is 0.408 e. The number of fused-ring (bicyclic) bond motifs is 1. The normalized spacial score (nSPS) is 13.9. The van der Waals surface area contributed by atoms with Gasteiger partial charge in [-0.1, -0.05) is 30.3 Å². The van der Waals surface area contributed by atoms with Gasteiger partial charge in [0.25, 0.3) is 0 Å². The molecule has 0 fully saturated rings. The lowest BCUT2D eigenvalue weighted by atomic mass is 10.1. The number of benzene rings is 2. The van der Waals surface area contributed by atoms with Gasteiger partial charge in [-0.05, 0) is 38.5 Å². The van der Waals surface area contributed by atoms with Crippen LogP contribution in [0, 0.1) is 0 Å². The fraction of sp³-hybridized carbons (Fsp3) is 0.364. The number of alkyl carbamates (subject to hydrolysis) is 1. The van der Waals surface area contributed by atoms with Gasteiger partial charge in [-0.15, -0.1) is 0 Å². The molecule has 0 aromatic heterocycles. The minimum Gasteiger partial charge on any atom is -0.486 e. The van der Waals surface area contributed by atoms with E-state index in [2.05, 4.69) is 10.6 Å². The summed E-state index contributed by atoms with van der Waals surface area (Å²) in [5.41, 5.74) is 0.822. The van der Waals surface area contributed by atoms with Crippen LogP contribution in [0.25, 0.3) is 0 Å². The van der Waals surface area contributed by atoms with E-state index < -0.39 is 17.7 Å². The van der Waals surface area contributed by atoms with E-state index in [4.69, 9.17) is 14.2 Å². The Morgan fingerprint density at radius 3 is 2.41 bits per heavy atom. The van der Waals surface area contributed by atoms with E-state index >= 15 is 0 Å². The predicted molar refractivity (Wildman–Crippen MR) is 109 cm³/mol. The summed E-state index contributed by atoms with van der Waals surface area (Å²) >= 11 is 0. The number of nitrogens with one attached hydrogen (secondary N) is 2. The van der Waals surface area contributed by atoms with Crippen LogP contribution in [0.2, 0.25) is 0 Å². The Morgan fingerprint density at radius 2 is 1.72 bits per heavy atom. The molecule has 1 heterocycles. The second-order valence-corrected chi connectivity index (χ2v) is 7.74. The lowest BCUT2D eigenvalue weighted by molar-refractivity contribution is -0.118. The Bertz CT molecular complexity index is 861. The quantitative estimate of drug-likeness (QED) is 0.805. The summed E-state index contributed by atoms with van der Waals surface area (Å²) in [6.07, 6.45) is -0.313. The van der Waals surface area contributed by atoms with E-state index in [9.17, 15) is 9.59 Å². The summed E-state index contributed by atoms with van der Waals surface area (Å²) in [6, 6.07) is 13.9. The molecule has 1 atom stereocenters. The Hall–Kier alpha value is -3.22. The third-order valence-corrected chi connectivity index (χ3v) is 4.10. The van der Waals surface area contributed by atoms with E-state index in [1.165, 1.54) is 0 Å². The highest BCUT2D eigenvalue weighted by Gasteiger charge is 2.25. The van der Waals surface area contributed by atoms with Crippen molar-refractivity contribution < 1.29 is 23.8 Å². The van der Waals surface area contributed by atoms with Crippen molar-refractivity contribution in [1.29, 1.82) is 0 Å². The molecule has 1 aliphatic rings. The molecule has 2 aromatic carbocycles. The van der Waals surface area contributed by atoms with Crippen LogP contribution in [0.15, 0.2) is 48.5 Å². The lowest BCUT2D eigenvalue weighted by Gasteiger charge is -2.24. The molecule has 29 heavy (non-hydrogen) atoms. The van der Waals surface area contributed by atoms with Crippen LogP contribution < -0.4 is 20.1 Å². The van der Waals surface area contributed by atoms with E-state index in [0.717, 1.165) is 5.56 Å². The molecule has 2 aromatic rings. The fourth-order valence-corrected chi connectivity index (χ4v) is 2.86. The van der Waals surface area contributed by atoms with Gasteiger partial charge < -0.3 is 24.8 Å². The van der Waals surface area contributed by atoms with Crippen molar-refractivity contribution in [1.82, 2.24) is 5.32 Å². The van der Waals surface area contributed by atoms with Gasteiger partial charge in [-0.25, -0.2) is 4.79 Å². The summed E-state index contributed by atoms with van der Waals surface area (Å²) < 4.78 is 16.4. The third kappa shape index (κ3) is 6.14. The van der Waals surface area contributed by atoms with Gasteiger partial charge in [0.15, 0.2) is 11.5 Å². The van der Waals surface area contributed by atoms with Gasteiger partial charge in [0.2, 0.25) is 5.91 Å². The molecule has 0 spiro atoms. The second kappa shape index (κ2) is 8.86. The number of carbonyl (C=O) groups excluding carboxylic acids is 2. The van der Waals surface area contributed by atoms with Crippen molar-refractivity contribution in [2.75, 3.05) is 18.5 Å². The minimum absolute atomic E-state index is 0.330. The molecular formula is C22H26N2O5. The first-order valence-corrected chi connectivity index (χ1v) is 9.54. The summed E-state index contributed by atoms with van der Waals surface area (Å²) in [5, 5.41) is 5.51. The number of hydrogen-bond acceptors (Lipinski definition) is 5. The van der Waals surface area contributed by atoms with E-state index in [1.54, 1.807) is 39.0 Å². The van der Waals surface area contributed by atoms with Gasteiger partial charge in [-0.2, -0.15) is 0 Å². The number of anilines is 1. The Kier molecular flexibility index (Phi) is 6.26. The van der Waals surface area contributed by atoms with E-state index in [1.807, 2.05) is 30.3 Å². The highest BCUT2D eigenvalue weighted by atomic mass is 16.6. The molecule has 1 aliphatic heterocycles. The molecule has 0 radical (unpaired) electrons. The first-order chi connectivity index (χ1) is 13.8. The number of carbonyl (C=O) groups is 2. The topological polar surface area (TPSA) is 85.9 Å². The first kappa shape index (κ1) is 20.5. The predicted octanol–water partition coefficient (Wildman–Crippen LogP) is 3.53. The van der Waals surface area contributed by atoms with Gasteiger partial charge >= 0.3 is 6.09 Å². The second-order valence-electron chi connectivity index (χ2n) is 7.74. The average Bonchev–Trinajstić information content (AvgIpc) is 2.66. The summed E-state index contributed by atoms with van der Waals surface area (Å²) in [7, 11) is 0. The summed E-state index contributed by atoms with van der Waals surface area (Å²) in [5.74, 6) is 0.868. The number of amides is 2. The zero-order valence-corrected chi connectivity index (χ0v) is 16.9. The van der Waals surface area contributed by atoms with Crippen molar-refractivity contribution in [2.45, 2.75) is 38.8 Å². The molecule has 0 saturated heterocycles. The molecule has 2 N–H and O–H groups in total.